The van der Waals surface area contributed by atoms with E-state index in [0.29, 0.717) is 35.4 Å². The highest BCUT2D eigenvalue weighted by Gasteiger charge is 2.32. The molecule has 2 aliphatic rings. The third-order valence-electron chi connectivity index (χ3n) is 8.42. The van der Waals surface area contributed by atoms with E-state index in [1.807, 2.05) is 12.3 Å². The summed E-state index contributed by atoms with van der Waals surface area (Å²) in [7, 11) is 6.26. The lowest BCUT2D eigenvalue weighted by molar-refractivity contribution is 0.235. The van der Waals surface area contributed by atoms with Gasteiger partial charge in [0.15, 0.2) is 0 Å². The number of allylic oxidation sites excluding steroid dienone is 1. The average Bonchev–Trinajstić information content (AvgIpc) is 3.63. The molecular weight excluding hydrogens is 467 g/mol. The van der Waals surface area contributed by atoms with Crippen molar-refractivity contribution in [3.63, 3.8) is 0 Å². The lowest BCUT2D eigenvalue weighted by Crippen LogP contribution is -2.35. The van der Waals surface area contributed by atoms with Gasteiger partial charge in [0.2, 0.25) is 0 Å². The summed E-state index contributed by atoms with van der Waals surface area (Å²) < 4.78 is 1.80. The number of pyridine rings is 1. The van der Waals surface area contributed by atoms with Crippen LogP contribution in [0.1, 0.15) is 67.2 Å². The van der Waals surface area contributed by atoms with Gasteiger partial charge in [-0.3, -0.25) is 4.98 Å². The van der Waals surface area contributed by atoms with Gasteiger partial charge >= 0.3 is 0 Å². The minimum Gasteiger partial charge on any atom is -0.375 e. The molecule has 4 heterocycles. The van der Waals surface area contributed by atoms with E-state index in [9.17, 15) is 0 Å². The zero-order valence-electron chi connectivity index (χ0n) is 22.0. The molecule has 1 atom stereocenters. The number of fused-ring (bicyclic) bond motifs is 1. The molecule has 4 aromatic rings. The van der Waals surface area contributed by atoms with Crippen LogP contribution in [0, 0.1) is 5.92 Å². The first kappa shape index (κ1) is 24.7. The summed E-state index contributed by atoms with van der Waals surface area (Å²) in [6.45, 7) is 7.34. The Bertz CT molecular complexity index is 1370. The molecule has 7 heteroatoms. The van der Waals surface area contributed by atoms with Gasteiger partial charge in [-0.05, 0) is 54.3 Å². The minimum atomic E-state index is 0.374. The predicted octanol–water partition coefficient (Wildman–Crippen LogP) is 5.20. The lowest BCUT2D eigenvalue weighted by atomic mass is 9.81. The number of anilines is 1. The maximum atomic E-state index is 6.26. The van der Waals surface area contributed by atoms with Crippen molar-refractivity contribution in [2.24, 2.45) is 5.92 Å². The smallest absolute Gasteiger partial charge is 0.150 e. The van der Waals surface area contributed by atoms with E-state index < -0.39 is 0 Å². The van der Waals surface area contributed by atoms with E-state index in [2.05, 4.69) is 69.3 Å². The van der Waals surface area contributed by atoms with Crippen molar-refractivity contribution in [3.05, 3.63) is 96.2 Å². The van der Waals surface area contributed by atoms with Gasteiger partial charge < -0.3 is 10.2 Å². The zero-order valence-corrected chi connectivity index (χ0v) is 22.0. The van der Waals surface area contributed by atoms with Crippen molar-refractivity contribution in [2.45, 2.75) is 56.9 Å². The number of piperidine rings is 1. The number of likely N-dealkylation sites (tertiary alicyclic amines) is 1. The Morgan fingerprint density at radius 3 is 2.55 bits per heavy atom. The number of aromatic nitrogens is 4. The topological polar surface area (TPSA) is 58.4 Å². The SMILES string of the molecule is [B]c1cnn2c(NCc3cccnc3)cc(C3CCN(C(=C)C(c4ccccc4)C4CCCC4)CC3)nc12. The Balaban J connectivity index is 1.19. The molecular formula is C31H35BN6. The summed E-state index contributed by atoms with van der Waals surface area (Å²) in [5.41, 5.74) is 6.22. The highest BCUT2D eigenvalue weighted by atomic mass is 15.3. The standard InChI is InChI=1S/C31H35BN6/c1-22(30(26-11-5-6-12-26)25-9-3-2-4-10-25)37-16-13-24(14-17-37)28-18-29(34-20-23-8-7-15-33-19-23)38-31(36-28)27(32)21-35-38/h2-4,7-10,15,18-19,21,24,26,30,34H,1,5-6,11-14,16-17,20H2. The summed E-state index contributed by atoms with van der Waals surface area (Å²) in [5.74, 6) is 2.39. The normalized spacial score (nSPS) is 17.6. The molecule has 2 radical (unpaired) electrons. The quantitative estimate of drug-likeness (QED) is 0.336. The summed E-state index contributed by atoms with van der Waals surface area (Å²) in [6, 6.07) is 17.2. The van der Waals surface area contributed by atoms with Crippen molar-refractivity contribution in [2.75, 3.05) is 18.4 Å². The summed E-state index contributed by atoms with van der Waals surface area (Å²) in [5, 5.41) is 8.00. The second kappa shape index (κ2) is 11.0. The first-order chi connectivity index (χ1) is 18.7. The third kappa shape index (κ3) is 5.07. The van der Waals surface area contributed by atoms with Gasteiger partial charge in [0.25, 0.3) is 0 Å². The molecule has 1 aliphatic carbocycles. The minimum absolute atomic E-state index is 0.374. The largest absolute Gasteiger partial charge is 0.375 e. The van der Waals surface area contributed by atoms with Crippen LogP contribution in [0.3, 0.4) is 0 Å². The van der Waals surface area contributed by atoms with Crippen LogP contribution in [0.15, 0.2) is 79.4 Å². The fraction of sp³-hybridized carbons (Fsp3) is 0.387. The van der Waals surface area contributed by atoms with Crippen LogP contribution in [-0.4, -0.2) is 45.4 Å². The summed E-state index contributed by atoms with van der Waals surface area (Å²) >= 11 is 0. The molecule has 1 unspecified atom stereocenters. The maximum Gasteiger partial charge on any atom is 0.150 e. The van der Waals surface area contributed by atoms with Crippen LogP contribution in [0.5, 0.6) is 0 Å². The van der Waals surface area contributed by atoms with Crippen LogP contribution >= 0.6 is 0 Å². The monoisotopic (exact) mass is 502 g/mol. The van der Waals surface area contributed by atoms with E-state index in [1.165, 1.54) is 36.9 Å². The van der Waals surface area contributed by atoms with Crippen LogP contribution in [-0.2, 0) is 6.54 Å². The number of benzene rings is 1. The van der Waals surface area contributed by atoms with E-state index in [4.69, 9.17) is 12.8 Å². The average molecular weight is 502 g/mol. The highest BCUT2D eigenvalue weighted by molar-refractivity contribution is 6.36. The van der Waals surface area contributed by atoms with Gasteiger partial charge in [-0.25, -0.2) is 4.98 Å². The number of nitrogens with zero attached hydrogens (tertiary/aromatic N) is 5. The third-order valence-corrected chi connectivity index (χ3v) is 8.42. The van der Waals surface area contributed by atoms with Crippen molar-refractivity contribution < 1.29 is 0 Å². The van der Waals surface area contributed by atoms with E-state index in [0.717, 1.165) is 43.0 Å². The molecule has 0 amide bonds. The van der Waals surface area contributed by atoms with Crippen molar-refractivity contribution in [3.8, 4) is 0 Å². The summed E-state index contributed by atoms with van der Waals surface area (Å²) in [4.78, 5) is 11.7. The predicted molar refractivity (Wildman–Crippen MR) is 154 cm³/mol. The van der Waals surface area contributed by atoms with E-state index >= 15 is 0 Å². The number of rotatable bonds is 8. The lowest BCUT2D eigenvalue weighted by Gasteiger charge is -2.39. The molecule has 1 aromatic carbocycles. The molecule has 3 aromatic heterocycles. The van der Waals surface area contributed by atoms with Gasteiger partial charge in [-0.15, -0.1) is 0 Å². The Morgan fingerprint density at radius 1 is 1.03 bits per heavy atom. The second-order valence-electron chi connectivity index (χ2n) is 10.8. The molecule has 0 bridgehead atoms. The molecule has 6 rings (SSSR count). The molecule has 1 N–H and O–H groups in total. The van der Waals surface area contributed by atoms with Gasteiger partial charge in [0, 0.05) is 67.5 Å². The van der Waals surface area contributed by atoms with Crippen molar-refractivity contribution >= 4 is 24.8 Å². The number of nitrogens with one attached hydrogen (secondary N) is 1. The molecule has 192 valence electrons. The fourth-order valence-electron chi connectivity index (χ4n) is 6.38. The fourth-order valence-corrected chi connectivity index (χ4v) is 6.38. The van der Waals surface area contributed by atoms with E-state index in [1.54, 1.807) is 16.9 Å². The maximum absolute atomic E-state index is 6.26. The van der Waals surface area contributed by atoms with Crippen LogP contribution in [0.2, 0.25) is 0 Å². The molecule has 38 heavy (non-hydrogen) atoms. The Hall–Kier alpha value is -3.61. The molecule has 6 nitrogen and oxygen atoms in total. The molecule has 1 saturated heterocycles. The van der Waals surface area contributed by atoms with Gasteiger partial charge in [0.05, 0.1) is 0 Å². The molecule has 1 aliphatic heterocycles. The van der Waals surface area contributed by atoms with Gasteiger partial charge in [-0.1, -0.05) is 55.8 Å². The Kier molecular flexibility index (Phi) is 7.17. The first-order valence-corrected chi connectivity index (χ1v) is 13.9. The van der Waals surface area contributed by atoms with Crippen molar-refractivity contribution in [1.82, 2.24) is 24.5 Å². The van der Waals surface area contributed by atoms with Crippen LogP contribution < -0.4 is 10.8 Å². The highest BCUT2D eigenvalue weighted by Crippen LogP contribution is 2.43. The summed E-state index contributed by atoms with van der Waals surface area (Å²) in [6.07, 6.45) is 12.7. The molecule has 0 spiro atoms. The zero-order chi connectivity index (χ0) is 25.9. The Morgan fingerprint density at radius 2 is 1.82 bits per heavy atom. The van der Waals surface area contributed by atoms with Crippen LogP contribution in [0.4, 0.5) is 5.82 Å². The first-order valence-electron chi connectivity index (χ1n) is 13.9. The number of hydrogen-bond donors (Lipinski definition) is 1. The van der Waals surface area contributed by atoms with Gasteiger partial charge in [0.1, 0.15) is 19.3 Å². The molecule has 1 saturated carbocycles. The van der Waals surface area contributed by atoms with Gasteiger partial charge in [-0.2, -0.15) is 9.61 Å². The number of hydrogen-bond acceptors (Lipinski definition) is 5. The Labute approximate surface area is 226 Å². The second-order valence-corrected chi connectivity index (χ2v) is 10.8. The van der Waals surface area contributed by atoms with Crippen molar-refractivity contribution in [1.29, 1.82) is 0 Å². The van der Waals surface area contributed by atoms with Crippen LogP contribution in [0.25, 0.3) is 5.65 Å². The van der Waals surface area contributed by atoms with E-state index in [-0.39, 0.29) is 0 Å². The molecule has 2 fully saturated rings.